The van der Waals surface area contributed by atoms with Crippen molar-refractivity contribution in [2.75, 3.05) is 0 Å². The van der Waals surface area contributed by atoms with Crippen LogP contribution in [-0.2, 0) is 6.42 Å². The number of aromatic nitrogens is 1. The molecule has 65 valence electrons. The van der Waals surface area contributed by atoms with Crippen LogP contribution in [-0.4, -0.2) is 4.37 Å². The van der Waals surface area contributed by atoms with Crippen LogP contribution in [0.2, 0.25) is 5.02 Å². The molecule has 0 unspecified atom stereocenters. The number of halogens is 1. The molecule has 0 atom stereocenters. The van der Waals surface area contributed by atoms with Gasteiger partial charge >= 0.3 is 0 Å². The Bertz CT molecular complexity index is 383. The average molecular weight is 209 g/mol. The summed E-state index contributed by atoms with van der Waals surface area (Å²) in [4.78, 5) is 0. The highest BCUT2D eigenvalue weighted by Crippen LogP contribution is 2.18. The third kappa shape index (κ3) is 2.08. The molecule has 3 heteroatoms. The summed E-state index contributed by atoms with van der Waals surface area (Å²) < 4.78 is 4.17. The molecule has 0 amide bonds. The summed E-state index contributed by atoms with van der Waals surface area (Å²) in [5.74, 6) is 0. The van der Waals surface area contributed by atoms with Crippen LogP contribution in [0.5, 0.6) is 0 Å². The molecule has 1 heterocycles. The first-order valence-corrected chi connectivity index (χ1v) is 5.07. The van der Waals surface area contributed by atoms with E-state index in [9.17, 15) is 0 Å². The van der Waals surface area contributed by atoms with Crippen molar-refractivity contribution >= 4 is 23.1 Å². The lowest BCUT2D eigenvalue weighted by atomic mass is 10.1. The van der Waals surface area contributed by atoms with E-state index in [1.54, 1.807) is 0 Å². The normalized spacial score (nSPS) is 10.2. The van der Waals surface area contributed by atoms with E-state index in [-0.39, 0.29) is 0 Å². The van der Waals surface area contributed by atoms with Crippen molar-refractivity contribution in [3.63, 3.8) is 0 Å². The highest BCUT2D eigenvalue weighted by Gasteiger charge is 2.03. The molecule has 1 radical (unpaired) electrons. The monoisotopic (exact) mass is 208 g/mol. The molecule has 0 fully saturated rings. The van der Waals surface area contributed by atoms with Gasteiger partial charge in [0.15, 0.2) is 0 Å². The fraction of sp³-hybridized carbons (Fsp3) is 0.100. The lowest BCUT2D eigenvalue weighted by Gasteiger charge is -1.96. The van der Waals surface area contributed by atoms with Crippen molar-refractivity contribution in [1.29, 1.82) is 0 Å². The summed E-state index contributed by atoms with van der Waals surface area (Å²) in [6, 6.07) is 10.2. The summed E-state index contributed by atoms with van der Waals surface area (Å²) in [6.45, 7) is 0. The molecule has 0 spiro atoms. The van der Waals surface area contributed by atoms with E-state index in [1.807, 2.05) is 18.2 Å². The van der Waals surface area contributed by atoms with Crippen molar-refractivity contribution < 1.29 is 0 Å². The van der Waals surface area contributed by atoms with Crippen LogP contribution in [0.3, 0.4) is 0 Å². The Balaban J connectivity index is 2.20. The molecule has 0 N–H and O–H groups in total. The Hall–Kier alpha value is -0.860. The molecule has 13 heavy (non-hydrogen) atoms. The summed E-state index contributed by atoms with van der Waals surface area (Å²) in [6.07, 6.45) is 0.791. The van der Waals surface area contributed by atoms with E-state index in [2.05, 4.69) is 21.9 Å². The Kier molecular flexibility index (Phi) is 2.62. The van der Waals surface area contributed by atoms with Crippen LogP contribution < -0.4 is 0 Å². The zero-order valence-corrected chi connectivity index (χ0v) is 8.40. The number of nitrogens with zero attached hydrogens (tertiary/aromatic N) is 1. The van der Waals surface area contributed by atoms with Gasteiger partial charge in [0, 0.05) is 6.42 Å². The molecule has 0 bridgehead atoms. The highest BCUT2D eigenvalue weighted by atomic mass is 35.5. The second-order valence-electron chi connectivity index (χ2n) is 2.71. The zero-order chi connectivity index (χ0) is 9.10. The van der Waals surface area contributed by atoms with Crippen molar-refractivity contribution in [3.8, 4) is 0 Å². The fourth-order valence-corrected chi connectivity index (χ4v) is 1.89. The third-order valence-corrected chi connectivity index (χ3v) is 2.79. The SMILES string of the molecule is Clc1[c]snc1Cc1ccccc1. The molecule has 2 rings (SSSR count). The van der Waals surface area contributed by atoms with Gasteiger partial charge in [-0.1, -0.05) is 41.9 Å². The number of benzene rings is 1. The van der Waals surface area contributed by atoms with Crippen LogP contribution in [0, 0.1) is 5.38 Å². The number of rotatable bonds is 2. The van der Waals surface area contributed by atoms with Crippen LogP contribution in [0.4, 0.5) is 0 Å². The van der Waals surface area contributed by atoms with Crippen LogP contribution in [0.1, 0.15) is 11.3 Å². The van der Waals surface area contributed by atoms with Gasteiger partial charge in [0.2, 0.25) is 0 Å². The largest absolute Gasteiger partial charge is 0.195 e. The molecule has 1 aromatic heterocycles. The van der Waals surface area contributed by atoms with Gasteiger partial charge in [-0.15, -0.1) is 0 Å². The molecule has 2 aromatic rings. The first-order chi connectivity index (χ1) is 6.36. The van der Waals surface area contributed by atoms with Crippen molar-refractivity contribution in [2.45, 2.75) is 6.42 Å². The second-order valence-corrected chi connectivity index (χ2v) is 3.65. The van der Waals surface area contributed by atoms with Crippen LogP contribution >= 0.6 is 23.1 Å². The molecular formula is C10H7ClNS. The zero-order valence-electron chi connectivity index (χ0n) is 6.83. The molecule has 0 aliphatic heterocycles. The Morgan fingerprint density at radius 1 is 1.31 bits per heavy atom. The third-order valence-electron chi connectivity index (χ3n) is 1.76. The van der Waals surface area contributed by atoms with E-state index in [4.69, 9.17) is 11.6 Å². The quantitative estimate of drug-likeness (QED) is 0.739. The minimum absolute atomic E-state index is 0.647. The maximum atomic E-state index is 5.88. The lowest BCUT2D eigenvalue weighted by Crippen LogP contribution is -1.87. The predicted molar refractivity (Wildman–Crippen MR) is 55.2 cm³/mol. The summed E-state index contributed by atoms with van der Waals surface area (Å²) >= 11 is 7.16. The minimum atomic E-state index is 0.647. The Labute approximate surface area is 86.2 Å². The van der Waals surface area contributed by atoms with E-state index in [0.717, 1.165) is 12.1 Å². The minimum Gasteiger partial charge on any atom is -0.195 e. The van der Waals surface area contributed by atoms with Gasteiger partial charge in [-0.3, -0.25) is 0 Å². The molecule has 0 saturated carbocycles. The first-order valence-electron chi connectivity index (χ1n) is 3.92. The van der Waals surface area contributed by atoms with Gasteiger partial charge in [0.05, 0.1) is 16.1 Å². The van der Waals surface area contributed by atoms with Gasteiger partial charge in [0.1, 0.15) is 0 Å². The van der Waals surface area contributed by atoms with Crippen molar-refractivity contribution in [3.05, 3.63) is 52.0 Å². The van der Waals surface area contributed by atoms with E-state index >= 15 is 0 Å². The number of hydrogen-bond acceptors (Lipinski definition) is 2. The van der Waals surface area contributed by atoms with Gasteiger partial charge in [-0.25, -0.2) is 0 Å². The second kappa shape index (κ2) is 3.90. The lowest BCUT2D eigenvalue weighted by molar-refractivity contribution is 1.14. The van der Waals surface area contributed by atoms with E-state index in [1.165, 1.54) is 17.1 Å². The van der Waals surface area contributed by atoms with Crippen molar-refractivity contribution in [2.24, 2.45) is 0 Å². The molecule has 1 nitrogen and oxygen atoms in total. The maximum absolute atomic E-state index is 5.88. The topological polar surface area (TPSA) is 12.9 Å². The summed E-state index contributed by atoms with van der Waals surface area (Å²) in [5, 5.41) is 3.53. The van der Waals surface area contributed by atoms with Crippen LogP contribution in [0.25, 0.3) is 0 Å². The highest BCUT2D eigenvalue weighted by molar-refractivity contribution is 7.03. The molecular weight excluding hydrogens is 202 g/mol. The van der Waals surface area contributed by atoms with Gasteiger partial charge < -0.3 is 0 Å². The average Bonchev–Trinajstić information content (AvgIpc) is 2.54. The summed E-state index contributed by atoms with van der Waals surface area (Å²) in [7, 11) is 0. The van der Waals surface area contributed by atoms with Gasteiger partial charge in [0.25, 0.3) is 0 Å². The molecule has 1 aromatic carbocycles. The van der Waals surface area contributed by atoms with E-state index in [0.29, 0.717) is 5.02 Å². The molecule has 0 aliphatic rings. The molecule has 0 saturated heterocycles. The predicted octanol–water partition coefficient (Wildman–Crippen LogP) is 3.19. The van der Waals surface area contributed by atoms with E-state index < -0.39 is 0 Å². The smallest absolute Gasteiger partial charge is 0.0870 e. The first kappa shape index (κ1) is 8.73. The van der Waals surface area contributed by atoms with Gasteiger partial charge in [-0.05, 0) is 17.1 Å². The summed E-state index contributed by atoms with van der Waals surface area (Å²) in [5.41, 5.74) is 2.14. The Morgan fingerprint density at radius 3 is 2.69 bits per heavy atom. The Morgan fingerprint density at radius 2 is 2.08 bits per heavy atom. The molecule has 0 aliphatic carbocycles. The van der Waals surface area contributed by atoms with Crippen molar-refractivity contribution in [1.82, 2.24) is 4.37 Å². The van der Waals surface area contributed by atoms with Crippen LogP contribution in [0.15, 0.2) is 30.3 Å². The fourth-order valence-electron chi connectivity index (χ4n) is 1.12. The van der Waals surface area contributed by atoms with Gasteiger partial charge in [-0.2, -0.15) is 4.37 Å². The maximum Gasteiger partial charge on any atom is 0.0870 e. The number of hydrogen-bond donors (Lipinski definition) is 0. The standard InChI is InChI=1S/C10H7ClNS/c11-9-7-13-12-10(9)6-8-4-2-1-3-5-8/h1-5H,6H2.